The molecule has 0 aliphatic heterocycles. The van der Waals surface area contributed by atoms with Gasteiger partial charge in [-0.05, 0) is 49.9 Å². The third-order valence-corrected chi connectivity index (χ3v) is 6.81. The summed E-state index contributed by atoms with van der Waals surface area (Å²) in [5.74, 6) is 4.26. The molecular weight excluding hydrogens is 356 g/mol. The highest BCUT2D eigenvalue weighted by atomic mass is 16.5. The SMILES string of the molecule is COc1cc(Nc2cn(C)cn2)nc(N(C)C2C3CC4CC2CC(O)(C4)C3)n1. The van der Waals surface area contributed by atoms with Crippen molar-refractivity contribution in [2.45, 2.75) is 43.7 Å². The Morgan fingerprint density at radius 2 is 1.96 bits per heavy atom. The lowest BCUT2D eigenvalue weighted by molar-refractivity contribution is -0.133. The minimum atomic E-state index is -0.436. The number of ether oxygens (including phenoxy) is 1. The maximum atomic E-state index is 10.9. The smallest absolute Gasteiger partial charge is 0.230 e. The van der Waals surface area contributed by atoms with Crippen molar-refractivity contribution >= 4 is 17.6 Å². The van der Waals surface area contributed by atoms with Crippen LogP contribution in [0.2, 0.25) is 0 Å². The van der Waals surface area contributed by atoms with Crippen LogP contribution in [0.5, 0.6) is 5.88 Å². The standard InChI is InChI=1S/C20H28N6O2/c1-25-10-16(21-11-25)22-15-6-17(28-3)24-19(23-15)26(2)18-13-4-12-5-14(18)9-20(27,7-12)8-13/h6,10-14,18,27H,4-5,7-9H2,1-3H3,(H,22,23,24). The molecule has 2 unspecified atom stereocenters. The molecule has 2 aromatic heterocycles. The van der Waals surface area contributed by atoms with Gasteiger partial charge < -0.3 is 24.6 Å². The molecule has 0 aromatic carbocycles. The first-order chi connectivity index (χ1) is 13.4. The van der Waals surface area contributed by atoms with Gasteiger partial charge in [-0.2, -0.15) is 9.97 Å². The maximum Gasteiger partial charge on any atom is 0.230 e. The van der Waals surface area contributed by atoms with Crippen LogP contribution in [0.4, 0.5) is 17.6 Å². The van der Waals surface area contributed by atoms with Crippen LogP contribution in [0.3, 0.4) is 0 Å². The van der Waals surface area contributed by atoms with E-state index in [4.69, 9.17) is 9.72 Å². The molecule has 2 N–H and O–H groups in total. The highest BCUT2D eigenvalue weighted by Crippen LogP contribution is 2.57. The second kappa shape index (κ2) is 6.34. The number of rotatable bonds is 5. The zero-order valence-electron chi connectivity index (χ0n) is 16.7. The molecule has 28 heavy (non-hydrogen) atoms. The fourth-order valence-corrected chi connectivity index (χ4v) is 6.07. The van der Waals surface area contributed by atoms with Crippen LogP contribution in [-0.2, 0) is 7.05 Å². The predicted molar refractivity (Wildman–Crippen MR) is 106 cm³/mol. The zero-order chi connectivity index (χ0) is 19.5. The van der Waals surface area contributed by atoms with E-state index in [9.17, 15) is 5.11 Å². The summed E-state index contributed by atoms with van der Waals surface area (Å²) in [4.78, 5) is 15.9. The number of nitrogens with one attached hydrogen (secondary N) is 1. The van der Waals surface area contributed by atoms with Crippen LogP contribution in [0, 0.1) is 17.8 Å². The van der Waals surface area contributed by atoms with E-state index < -0.39 is 5.60 Å². The van der Waals surface area contributed by atoms with E-state index in [0.29, 0.717) is 41.4 Å². The minimum Gasteiger partial charge on any atom is -0.481 e. The monoisotopic (exact) mass is 384 g/mol. The Kier molecular flexibility index (Phi) is 4.01. The highest BCUT2D eigenvalue weighted by molar-refractivity contribution is 5.55. The molecule has 0 saturated heterocycles. The molecular formula is C20H28N6O2. The van der Waals surface area contributed by atoms with Crippen molar-refractivity contribution in [2.24, 2.45) is 24.8 Å². The summed E-state index contributed by atoms with van der Waals surface area (Å²) in [5.41, 5.74) is -0.436. The number of hydrogen-bond acceptors (Lipinski definition) is 7. The number of hydrogen-bond donors (Lipinski definition) is 2. The van der Waals surface area contributed by atoms with E-state index in [1.54, 1.807) is 19.5 Å². The lowest BCUT2D eigenvalue weighted by Gasteiger charge is -2.59. The van der Waals surface area contributed by atoms with Crippen molar-refractivity contribution in [3.05, 3.63) is 18.6 Å². The molecule has 2 heterocycles. The fraction of sp³-hybridized carbons (Fsp3) is 0.650. The third kappa shape index (κ3) is 2.99. The van der Waals surface area contributed by atoms with Gasteiger partial charge in [0.1, 0.15) is 11.6 Å². The van der Waals surface area contributed by atoms with Gasteiger partial charge in [0, 0.05) is 32.4 Å². The Labute approximate surface area is 165 Å². The van der Waals surface area contributed by atoms with E-state index in [-0.39, 0.29) is 0 Å². The lowest BCUT2D eigenvalue weighted by Crippen LogP contribution is -2.61. The molecule has 150 valence electrons. The first kappa shape index (κ1) is 17.7. The molecule has 4 bridgehead atoms. The van der Waals surface area contributed by atoms with Gasteiger partial charge >= 0.3 is 0 Å². The van der Waals surface area contributed by atoms with E-state index in [2.05, 4.69) is 27.2 Å². The molecule has 4 saturated carbocycles. The van der Waals surface area contributed by atoms with Crippen LogP contribution in [-0.4, -0.2) is 50.4 Å². The van der Waals surface area contributed by atoms with Gasteiger partial charge in [0.25, 0.3) is 0 Å². The van der Waals surface area contributed by atoms with Gasteiger partial charge in [-0.3, -0.25) is 0 Å². The fourth-order valence-electron chi connectivity index (χ4n) is 6.07. The molecule has 4 fully saturated rings. The van der Waals surface area contributed by atoms with Crippen LogP contribution in [0.1, 0.15) is 32.1 Å². The zero-order valence-corrected chi connectivity index (χ0v) is 16.7. The van der Waals surface area contributed by atoms with E-state index in [0.717, 1.165) is 25.1 Å². The topological polar surface area (TPSA) is 88.3 Å². The Hall–Kier alpha value is -2.35. The number of aromatic nitrogens is 4. The lowest BCUT2D eigenvalue weighted by atomic mass is 9.52. The molecule has 0 amide bonds. The van der Waals surface area contributed by atoms with E-state index >= 15 is 0 Å². The molecule has 4 aliphatic carbocycles. The first-order valence-electron chi connectivity index (χ1n) is 10.1. The second-order valence-electron chi connectivity index (χ2n) is 8.94. The molecule has 8 nitrogen and oxygen atoms in total. The quantitative estimate of drug-likeness (QED) is 0.818. The second-order valence-corrected chi connectivity index (χ2v) is 8.94. The molecule has 2 atom stereocenters. The van der Waals surface area contributed by atoms with Crippen molar-refractivity contribution in [3.63, 3.8) is 0 Å². The average Bonchev–Trinajstić information content (AvgIpc) is 3.04. The van der Waals surface area contributed by atoms with Gasteiger partial charge in [0.15, 0.2) is 0 Å². The molecule has 6 rings (SSSR count). The Morgan fingerprint density at radius 3 is 2.57 bits per heavy atom. The van der Waals surface area contributed by atoms with E-state index in [1.165, 1.54) is 12.8 Å². The number of nitrogens with zero attached hydrogens (tertiary/aromatic N) is 5. The highest BCUT2D eigenvalue weighted by Gasteiger charge is 2.56. The Morgan fingerprint density at radius 1 is 1.21 bits per heavy atom. The van der Waals surface area contributed by atoms with Crippen molar-refractivity contribution < 1.29 is 9.84 Å². The van der Waals surface area contributed by atoms with Crippen molar-refractivity contribution in [1.82, 2.24) is 19.5 Å². The van der Waals surface area contributed by atoms with Gasteiger partial charge in [0.2, 0.25) is 11.8 Å². The van der Waals surface area contributed by atoms with Crippen LogP contribution in [0.15, 0.2) is 18.6 Å². The normalized spacial score (nSPS) is 33.1. The Bertz CT molecular complexity index is 867. The number of aryl methyl sites for hydroxylation is 1. The van der Waals surface area contributed by atoms with Crippen LogP contribution in [0.25, 0.3) is 0 Å². The maximum absolute atomic E-state index is 10.9. The van der Waals surface area contributed by atoms with Gasteiger partial charge in [-0.25, -0.2) is 4.98 Å². The van der Waals surface area contributed by atoms with Crippen LogP contribution >= 0.6 is 0 Å². The average molecular weight is 384 g/mol. The summed E-state index contributed by atoms with van der Waals surface area (Å²) in [6.07, 6.45) is 8.84. The third-order valence-electron chi connectivity index (χ3n) is 6.81. The predicted octanol–water partition coefficient (Wildman–Crippen LogP) is 2.34. The minimum absolute atomic E-state index is 0.367. The molecule has 0 radical (unpaired) electrons. The molecule has 4 aliphatic rings. The largest absolute Gasteiger partial charge is 0.481 e. The van der Waals surface area contributed by atoms with Crippen LogP contribution < -0.4 is 15.0 Å². The van der Waals surface area contributed by atoms with Gasteiger partial charge in [-0.15, -0.1) is 0 Å². The van der Waals surface area contributed by atoms with Crippen molar-refractivity contribution in [2.75, 3.05) is 24.4 Å². The first-order valence-corrected chi connectivity index (χ1v) is 10.1. The van der Waals surface area contributed by atoms with E-state index in [1.807, 2.05) is 17.8 Å². The number of aliphatic hydroxyl groups is 1. The number of imidazole rings is 1. The number of anilines is 3. The number of methoxy groups -OCH3 is 1. The molecule has 2 aromatic rings. The molecule has 0 spiro atoms. The van der Waals surface area contributed by atoms with Gasteiger partial charge in [-0.1, -0.05) is 0 Å². The van der Waals surface area contributed by atoms with Crippen molar-refractivity contribution in [3.8, 4) is 5.88 Å². The summed E-state index contributed by atoms with van der Waals surface area (Å²) in [7, 11) is 5.63. The summed E-state index contributed by atoms with van der Waals surface area (Å²) in [6, 6.07) is 2.15. The Balaban J connectivity index is 1.43. The molecule has 8 heteroatoms. The summed E-state index contributed by atoms with van der Waals surface area (Å²) >= 11 is 0. The van der Waals surface area contributed by atoms with Gasteiger partial charge in [0.05, 0.1) is 19.0 Å². The summed E-state index contributed by atoms with van der Waals surface area (Å²) in [5, 5.41) is 14.1. The van der Waals surface area contributed by atoms with Crippen molar-refractivity contribution in [1.29, 1.82) is 0 Å². The summed E-state index contributed by atoms with van der Waals surface area (Å²) in [6.45, 7) is 0. The summed E-state index contributed by atoms with van der Waals surface area (Å²) < 4.78 is 7.31.